The molecule has 1 rings (SSSR count). The number of amides is 2. The van der Waals surface area contributed by atoms with Crippen LogP contribution in [0.4, 0.5) is 10.5 Å². The molecule has 8 heteroatoms. The van der Waals surface area contributed by atoms with Crippen molar-refractivity contribution in [3.63, 3.8) is 0 Å². The first-order chi connectivity index (χ1) is 9.38. The molecule has 0 aliphatic rings. The number of carboxylic acids is 2. The number of rotatable bonds is 6. The van der Waals surface area contributed by atoms with Gasteiger partial charge in [0.05, 0.1) is 0 Å². The number of aliphatic carboxylic acids is 2. The van der Waals surface area contributed by atoms with Crippen molar-refractivity contribution in [2.45, 2.75) is 18.9 Å². The quantitative estimate of drug-likeness (QED) is 0.551. The molecule has 7 nitrogen and oxygen atoms in total. The molecule has 20 heavy (non-hydrogen) atoms. The fourth-order valence-electron chi connectivity index (χ4n) is 1.42. The van der Waals surface area contributed by atoms with Gasteiger partial charge in [-0.3, -0.25) is 4.79 Å². The fraction of sp³-hybridized carbons (Fsp3) is 0.250. The second-order valence-corrected chi connectivity index (χ2v) is 5.18. The van der Waals surface area contributed by atoms with Crippen LogP contribution in [-0.4, -0.2) is 34.2 Å². The Morgan fingerprint density at radius 1 is 1.25 bits per heavy atom. The normalized spacial score (nSPS) is 11.4. The van der Waals surface area contributed by atoms with E-state index in [0.717, 1.165) is 3.57 Å². The number of urea groups is 1. The molecule has 0 saturated carbocycles. The summed E-state index contributed by atoms with van der Waals surface area (Å²) in [5.41, 5.74) is 0.525. The zero-order valence-corrected chi connectivity index (χ0v) is 12.5. The molecule has 1 atom stereocenters. The van der Waals surface area contributed by atoms with E-state index in [-0.39, 0.29) is 12.8 Å². The maximum absolute atomic E-state index is 11.6. The summed E-state index contributed by atoms with van der Waals surface area (Å²) < 4.78 is 0.918. The Labute approximate surface area is 128 Å². The van der Waals surface area contributed by atoms with E-state index in [2.05, 4.69) is 33.2 Å². The van der Waals surface area contributed by atoms with Crippen molar-refractivity contribution in [2.75, 3.05) is 5.32 Å². The van der Waals surface area contributed by atoms with Gasteiger partial charge in [-0.05, 0) is 47.2 Å². The van der Waals surface area contributed by atoms with E-state index in [9.17, 15) is 14.4 Å². The lowest BCUT2D eigenvalue weighted by Gasteiger charge is -2.14. The second kappa shape index (κ2) is 7.68. The molecule has 0 saturated heterocycles. The number of carbonyl (C=O) groups excluding carboxylic acids is 1. The highest BCUT2D eigenvalue weighted by molar-refractivity contribution is 14.1. The van der Waals surface area contributed by atoms with Crippen molar-refractivity contribution >= 4 is 46.2 Å². The molecule has 0 fully saturated rings. The summed E-state index contributed by atoms with van der Waals surface area (Å²) in [6, 6.07) is 5.04. The summed E-state index contributed by atoms with van der Waals surface area (Å²) >= 11 is 2.08. The van der Waals surface area contributed by atoms with Gasteiger partial charge in [-0.2, -0.15) is 0 Å². The van der Waals surface area contributed by atoms with Crippen molar-refractivity contribution in [3.05, 3.63) is 27.8 Å². The first-order valence-corrected chi connectivity index (χ1v) is 6.74. The fourth-order valence-corrected chi connectivity index (χ4v) is 1.96. The van der Waals surface area contributed by atoms with E-state index in [4.69, 9.17) is 10.2 Å². The molecular formula is C12H13IN2O5. The highest BCUT2D eigenvalue weighted by Crippen LogP contribution is 2.12. The van der Waals surface area contributed by atoms with Gasteiger partial charge in [-0.15, -0.1) is 0 Å². The standard InChI is InChI=1S/C12H13IN2O5/c13-7-2-1-3-8(6-7)14-12(20)15-9(11(18)19)4-5-10(16)17/h1-3,6,9H,4-5H2,(H,16,17)(H,18,19)(H2,14,15,20)/t9-/m0/s1. The molecular weight excluding hydrogens is 379 g/mol. The number of hydrogen-bond donors (Lipinski definition) is 4. The predicted molar refractivity (Wildman–Crippen MR) is 79.6 cm³/mol. The maximum Gasteiger partial charge on any atom is 0.326 e. The van der Waals surface area contributed by atoms with Crippen molar-refractivity contribution in [2.24, 2.45) is 0 Å². The van der Waals surface area contributed by atoms with Gasteiger partial charge in [0, 0.05) is 15.7 Å². The zero-order chi connectivity index (χ0) is 15.1. The van der Waals surface area contributed by atoms with E-state index in [1.807, 2.05) is 6.07 Å². The van der Waals surface area contributed by atoms with Gasteiger partial charge in [-0.25, -0.2) is 9.59 Å². The van der Waals surface area contributed by atoms with Crippen LogP contribution in [0.3, 0.4) is 0 Å². The molecule has 4 N–H and O–H groups in total. The number of hydrogen-bond acceptors (Lipinski definition) is 3. The molecule has 0 unspecified atom stereocenters. The minimum Gasteiger partial charge on any atom is -0.481 e. The van der Waals surface area contributed by atoms with Crippen LogP contribution in [0.5, 0.6) is 0 Å². The Morgan fingerprint density at radius 2 is 1.95 bits per heavy atom. The lowest BCUT2D eigenvalue weighted by molar-refractivity contribution is -0.140. The van der Waals surface area contributed by atoms with Crippen LogP contribution in [0.15, 0.2) is 24.3 Å². The molecule has 0 aliphatic carbocycles. The van der Waals surface area contributed by atoms with Gasteiger partial charge in [0.15, 0.2) is 0 Å². The molecule has 108 valence electrons. The van der Waals surface area contributed by atoms with Gasteiger partial charge in [-0.1, -0.05) is 6.07 Å². The molecule has 0 aliphatic heterocycles. The third-order valence-corrected chi connectivity index (χ3v) is 3.00. The van der Waals surface area contributed by atoms with Crippen molar-refractivity contribution in [1.82, 2.24) is 5.32 Å². The van der Waals surface area contributed by atoms with Crippen molar-refractivity contribution in [1.29, 1.82) is 0 Å². The summed E-state index contributed by atoms with van der Waals surface area (Å²) in [5.74, 6) is -2.39. The molecule has 2 amide bonds. The third kappa shape index (κ3) is 5.87. The molecule has 0 radical (unpaired) electrons. The highest BCUT2D eigenvalue weighted by atomic mass is 127. The minimum atomic E-state index is -1.27. The topological polar surface area (TPSA) is 116 Å². The van der Waals surface area contributed by atoms with Gasteiger partial charge < -0.3 is 20.8 Å². The average Bonchev–Trinajstić information content (AvgIpc) is 2.33. The van der Waals surface area contributed by atoms with E-state index in [1.165, 1.54) is 0 Å². The molecule has 0 spiro atoms. The third-order valence-electron chi connectivity index (χ3n) is 2.33. The SMILES string of the molecule is O=C(O)CC[C@H](NC(=O)Nc1cccc(I)c1)C(=O)O. The van der Waals surface area contributed by atoms with Crippen LogP contribution in [0.25, 0.3) is 0 Å². The van der Waals surface area contributed by atoms with Gasteiger partial charge in [0.2, 0.25) is 0 Å². The van der Waals surface area contributed by atoms with Gasteiger partial charge in [0.25, 0.3) is 0 Å². The molecule has 1 aromatic rings. The van der Waals surface area contributed by atoms with E-state index in [0.29, 0.717) is 5.69 Å². The van der Waals surface area contributed by atoms with Crippen LogP contribution >= 0.6 is 22.6 Å². The predicted octanol–water partition coefficient (Wildman–Crippen LogP) is 1.73. The van der Waals surface area contributed by atoms with Crippen LogP contribution in [-0.2, 0) is 9.59 Å². The van der Waals surface area contributed by atoms with Crippen molar-refractivity contribution in [3.8, 4) is 0 Å². The lowest BCUT2D eigenvalue weighted by Crippen LogP contribution is -2.43. The molecule has 0 aromatic heterocycles. The first-order valence-electron chi connectivity index (χ1n) is 5.66. The monoisotopic (exact) mass is 392 g/mol. The van der Waals surface area contributed by atoms with Crippen LogP contribution < -0.4 is 10.6 Å². The van der Waals surface area contributed by atoms with Gasteiger partial charge >= 0.3 is 18.0 Å². The first kappa shape index (κ1) is 16.2. The Kier molecular flexibility index (Phi) is 6.22. The van der Waals surface area contributed by atoms with E-state index < -0.39 is 24.0 Å². The Balaban J connectivity index is 2.57. The lowest BCUT2D eigenvalue weighted by atomic mass is 10.1. The molecule has 0 heterocycles. The highest BCUT2D eigenvalue weighted by Gasteiger charge is 2.20. The minimum absolute atomic E-state index is 0.176. The number of carboxylic acid groups (broad SMARTS) is 2. The summed E-state index contributed by atoms with van der Waals surface area (Å²) in [6.45, 7) is 0. The van der Waals surface area contributed by atoms with Crippen molar-refractivity contribution < 1.29 is 24.6 Å². The number of nitrogens with one attached hydrogen (secondary N) is 2. The van der Waals surface area contributed by atoms with E-state index in [1.54, 1.807) is 18.2 Å². The summed E-state index contributed by atoms with van der Waals surface area (Å²) in [4.78, 5) is 33.0. The number of carbonyl (C=O) groups is 3. The number of anilines is 1. The van der Waals surface area contributed by atoms with Crippen LogP contribution in [0, 0.1) is 3.57 Å². The molecule has 0 bridgehead atoms. The zero-order valence-electron chi connectivity index (χ0n) is 10.3. The summed E-state index contributed by atoms with van der Waals surface area (Å²) in [7, 11) is 0. The Hall–Kier alpha value is -1.84. The van der Waals surface area contributed by atoms with E-state index >= 15 is 0 Å². The Morgan fingerprint density at radius 3 is 2.50 bits per heavy atom. The summed E-state index contributed by atoms with van der Waals surface area (Å²) in [5, 5.41) is 22.1. The second-order valence-electron chi connectivity index (χ2n) is 3.93. The van der Waals surface area contributed by atoms with Crippen LogP contribution in [0.1, 0.15) is 12.8 Å². The van der Waals surface area contributed by atoms with Gasteiger partial charge in [0.1, 0.15) is 6.04 Å². The average molecular weight is 392 g/mol. The smallest absolute Gasteiger partial charge is 0.326 e. The number of halogens is 1. The maximum atomic E-state index is 11.6. The largest absolute Gasteiger partial charge is 0.481 e. The number of benzene rings is 1. The van der Waals surface area contributed by atoms with Crippen LogP contribution in [0.2, 0.25) is 0 Å². The summed E-state index contributed by atoms with van der Waals surface area (Å²) in [6.07, 6.45) is -0.509. The molecule has 1 aromatic carbocycles. The Bertz CT molecular complexity index is 520.